The lowest BCUT2D eigenvalue weighted by Crippen LogP contribution is -2.61. The van der Waals surface area contributed by atoms with Crippen LogP contribution in [0.3, 0.4) is 0 Å². The zero-order chi connectivity index (χ0) is 14.8. The van der Waals surface area contributed by atoms with Gasteiger partial charge in [0.25, 0.3) is 0 Å². The largest absolute Gasteiger partial charge is 0.337 e. The molecule has 0 bridgehead atoms. The first-order valence-corrected chi connectivity index (χ1v) is 8.93. The average molecular weight is 293 g/mol. The minimum absolute atomic E-state index is 0.269. The van der Waals surface area contributed by atoms with Crippen molar-refractivity contribution in [2.45, 2.75) is 64.0 Å². The zero-order valence-electron chi connectivity index (χ0n) is 13.5. The van der Waals surface area contributed by atoms with Crippen LogP contribution in [0.5, 0.6) is 0 Å². The molecular formula is C17H31N3O. The molecule has 0 aromatic carbocycles. The molecule has 0 spiro atoms. The molecule has 3 rings (SSSR count). The van der Waals surface area contributed by atoms with Crippen molar-refractivity contribution in [2.75, 3.05) is 26.2 Å². The smallest absolute Gasteiger partial charge is 0.226 e. The highest BCUT2D eigenvalue weighted by Crippen LogP contribution is 2.32. The van der Waals surface area contributed by atoms with E-state index in [2.05, 4.69) is 16.7 Å². The summed E-state index contributed by atoms with van der Waals surface area (Å²) in [6.07, 6.45) is 8.34. The van der Waals surface area contributed by atoms with Gasteiger partial charge in [0.15, 0.2) is 0 Å². The highest BCUT2D eigenvalue weighted by Gasteiger charge is 2.38. The normalized spacial score (nSPS) is 38.1. The van der Waals surface area contributed by atoms with E-state index in [-0.39, 0.29) is 5.92 Å². The molecule has 2 aliphatic heterocycles. The first-order chi connectivity index (χ1) is 10.2. The van der Waals surface area contributed by atoms with Gasteiger partial charge in [-0.2, -0.15) is 0 Å². The molecule has 2 atom stereocenters. The van der Waals surface area contributed by atoms with Crippen molar-refractivity contribution in [1.82, 2.24) is 9.80 Å². The van der Waals surface area contributed by atoms with Crippen molar-refractivity contribution in [3.05, 3.63) is 0 Å². The third-order valence-electron chi connectivity index (χ3n) is 6.00. The molecule has 21 heavy (non-hydrogen) atoms. The van der Waals surface area contributed by atoms with E-state index in [1.807, 2.05) is 0 Å². The van der Waals surface area contributed by atoms with Crippen molar-refractivity contribution in [3.63, 3.8) is 0 Å². The molecule has 1 aliphatic carbocycles. The van der Waals surface area contributed by atoms with Crippen molar-refractivity contribution < 1.29 is 4.79 Å². The van der Waals surface area contributed by atoms with Gasteiger partial charge in [0.2, 0.25) is 5.91 Å². The van der Waals surface area contributed by atoms with E-state index in [1.165, 1.54) is 25.8 Å². The van der Waals surface area contributed by atoms with E-state index in [0.717, 1.165) is 45.3 Å². The van der Waals surface area contributed by atoms with E-state index in [9.17, 15) is 4.79 Å². The summed E-state index contributed by atoms with van der Waals surface area (Å²) >= 11 is 0. The standard InChI is InChI=1S/C17H31N3O/c1-13-11-19-9-3-2-4-16(19)12-20(13)17(21)15-7-5-14(10-18)6-8-15/h13-16H,2-12,18H2,1H3. The van der Waals surface area contributed by atoms with Crippen molar-refractivity contribution >= 4 is 5.91 Å². The molecule has 0 radical (unpaired) electrons. The Hall–Kier alpha value is -0.610. The second-order valence-electron chi connectivity index (χ2n) is 7.44. The minimum Gasteiger partial charge on any atom is -0.337 e. The van der Waals surface area contributed by atoms with Gasteiger partial charge in [0, 0.05) is 31.1 Å². The number of hydrogen-bond donors (Lipinski definition) is 1. The van der Waals surface area contributed by atoms with Gasteiger partial charge in [0.1, 0.15) is 0 Å². The maximum atomic E-state index is 12.9. The summed E-state index contributed by atoms with van der Waals surface area (Å²) in [6, 6.07) is 1.01. The van der Waals surface area contributed by atoms with Crippen LogP contribution in [0.1, 0.15) is 51.9 Å². The molecule has 0 aromatic rings. The topological polar surface area (TPSA) is 49.6 Å². The van der Waals surface area contributed by atoms with Gasteiger partial charge in [-0.05, 0) is 64.5 Å². The molecule has 4 nitrogen and oxygen atoms in total. The lowest BCUT2D eigenvalue weighted by Gasteiger charge is -2.48. The Morgan fingerprint density at radius 1 is 1.10 bits per heavy atom. The number of nitrogens with zero attached hydrogens (tertiary/aromatic N) is 2. The summed E-state index contributed by atoms with van der Waals surface area (Å²) in [4.78, 5) is 17.7. The maximum absolute atomic E-state index is 12.9. The van der Waals surface area contributed by atoms with Crippen molar-refractivity contribution in [2.24, 2.45) is 17.6 Å². The molecule has 2 N–H and O–H groups in total. The predicted molar refractivity (Wildman–Crippen MR) is 84.9 cm³/mol. The monoisotopic (exact) mass is 293 g/mol. The van der Waals surface area contributed by atoms with Crippen LogP contribution in [-0.2, 0) is 4.79 Å². The Balaban J connectivity index is 1.59. The Bertz CT molecular complexity index is 365. The summed E-state index contributed by atoms with van der Waals surface area (Å²) in [7, 11) is 0. The SMILES string of the molecule is CC1CN2CCCCC2CN1C(=O)C1CCC(CN)CC1. The van der Waals surface area contributed by atoms with Crippen LogP contribution in [0, 0.1) is 11.8 Å². The molecule has 2 heterocycles. The molecule has 0 aromatic heterocycles. The van der Waals surface area contributed by atoms with Crippen LogP contribution in [0.2, 0.25) is 0 Å². The minimum atomic E-state index is 0.269. The van der Waals surface area contributed by atoms with E-state index >= 15 is 0 Å². The van der Waals surface area contributed by atoms with E-state index < -0.39 is 0 Å². The highest BCUT2D eigenvalue weighted by atomic mass is 16.2. The van der Waals surface area contributed by atoms with E-state index in [1.54, 1.807) is 0 Å². The summed E-state index contributed by atoms with van der Waals surface area (Å²) < 4.78 is 0. The number of amides is 1. The molecule has 3 fully saturated rings. The van der Waals surface area contributed by atoms with E-state index in [0.29, 0.717) is 23.9 Å². The van der Waals surface area contributed by atoms with E-state index in [4.69, 9.17) is 5.73 Å². The van der Waals surface area contributed by atoms with Crippen LogP contribution in [-0.4, -0.2) is 54.0 Å². The fourth-order valence-electron chi connectivity index (χ4n) is 4.54. The number of piperazine rings is 1. The lowest BCUT2D eigenvalue weighted by atomic mass is 9.81. The number of carbonyl (C=O) groups is 1. The van der Waals surface area contributed by atoms with Gasteiger partial charge >= 0.3 is 0 Å². The molecule has 2 unspecified atom stereocenters. The quantitative estimate of drug-likeness (QED) is 0.845. The predicted octanol–water partition coefficient (Wildman–Crippen LogP) is 1.84. The Morgan fingerprint density at radius 2 is 1.86 bits per heavy atom. The highest BCUT2D eigenvalue weighted by molar-refractivity contribution is 5.79. The van der Waals surface area contributed by atoms with Gasteiger partial charge in [-0.1, -0.05) is 6.42 Å². The van der Waals surface area contributed by atoms with Gasteiger partial charge in [-0.15, -0.1) is 0 Å². The lowest BCUT2D eigenvalue weighted by molar-refractivity contribution is -0.143. The average Bonchev–Trinajstić information content (AvgIpc) is 2.53. The molecule has 1 amide bonds. The fraction of sp³-hybridized carbons (Fsp3) is 0.941. The number of hydrogen-bond acceptors (Lipinski definition) is 3. The molecular weight excluding hydrogens is 262 g/mol. The Labute approximate surface area is 129 Å². The first kappa shape index (κ1) is 15.3. The summed E-state index contributed by atoms with van der Waals surface area (Å²) in [5, 5.41) is 0. The van der Waals surface area contributed by atoms with Crippen LogP contribution in [0.25, 0.3) is 0 Å². The third-order valence-corrected chi connectivity index (χ3v) is 6.00. The summed E-state index contributed by atoms with van der Waals surface area (Å²) in [5.41, 5.74) is 5.76. The molecule has 4 heteroatoms. The molecule has 120 valence electrons. The Kier molecular flexibility index (Phi) is 4.85. The van der Waals surface area contributed by atoms with Gasteiger partial charge in [-0.25, -0.2) is 0 Å². The molecule has 1 saturated carbocycles. The molecule has 3 aliphatic rings. The number of carbonyl (C=O) groups excluding carboxylic acids is 1. The van der Waals surface area contributed by atoms with Crippen LogP contribution in [0.4, 0.5) is 0 Å². The van der Waals surface area contributed by atoms with Crippen molar-refractivity contribution in [3.8, 4) is 0 Å². The zero-order valence-corrected chi connectivity index (χ0v) is 13.5. The number of fused-ring (bicyclic) bond motifs is 1. The first-order valence-electron chi connectivity index (χ1n) is 8.93. The summed E-state index contributed by atoms with van der Waals surface area (Å²) in [5.74, 6) is 1.36. The second-order valence-corrected chi connectivity index (χ2v) is 7.44. The van der Waals surface area contributed by atoms with Crippen LogP contribution in [0.15, 0.2) is 0 Å². The third kappa shape index (κ3) is 3.26. The summed E-state index contributed by atoms with van der Waals surface area (Å²) in [6.45, 7) is 6.30. The maximum Gasteiger partial charge on any atom is 0.226 e. The van der Waals surface area contributed by atoms with Gasteiger partial charge in [-0.3, -0.25) is 9.69 Å². The van der Waals surface area contributed by atoms with Gasteiger partial charge in [0.05, 0.1) is 0 Å². The fourth-order valence-corrected chi connectivity index (χ4v) is 4.54. The number of piperidine rings is 1. The number of nitrogens with two attached hydrogens (primary N) is 1. The van der Waals surface area contributed by atoms with Gasteiger partial charge < -0.3 is 10.6 Å². The second kappa shape index (κ2) is 6.66. The van der Waals surface area contributed by atoms with Crippen LogP contribution < -0.4 is 5.73 Å². The van der Waals surface area contributed by atoms with Crippen LogP contribution >= 0.6 is 0 Å². The van der Waals surface area contributed by atoms with Crippen molar-refractivity contribution in [1.29, 1.82) is 0 Å². The molecule has 2 saturated heterocycles. The Morgan fingerprint density at radius 3 is 2.57 bits per heavy atom. The number of rotatable bonds is 2.